The van der Waals surface area contributed by atoms with E-state index in [1.54, 1.807) is 18.2 Å². The van der Waals surface area contributed by atoms with Gasteiger partial charge in [-0.2, -0.15) is 0 Å². The summed E-state index contributed by atoms with van der Waals surface area (Å²) < 4.78 is -0.128. The monoisotopic (exact) mass is 455 g/mol. The minimum atomic E-state index is -0.128. The van der Waals surface area contributed by atoms with E-state index < -0.39 is 0 Å². The molecule has 0 aliphatic rings. The minimum absolute atomic E-state index is 0.0876. The van der Waals surface area contributed by atoms with Gasteiger partial charge in [0.2, 0.25) is 5.91 Å². The molecule has 1 N–H and O–H groups in total. The zero-order valence-electron chi connectivity index (χ0n) is 6.73. The van der Waals surface area contributed by atoms with Crippen molar-refractivity contribution in [3.8, 4) is 0 Å². The van der Waals surface area contributed by atoms with Gasteiger partial charge in [0.15, 0.2) is 0 Å². The van der Waals surface area contributed by atoms with Gasteiger partial charge in [-0.15, -0.1) is 0 Å². The van der Waals surface area contributed by atoms with Crippen molar-refractivity contribution in [2.75, 3.05) is 5.32 Å². The predicted molar refractivity (Wildman–Crippen MR) is 76.9 cm³/mol. The summed E-state index contributed by atoms with van der Waals surface area (Å²) in [5.74, 6) is -0.0876. The Hall–Kier alpha value is 0.730. The van der Waals surface area contributed by atoms with Gasteiger partial charge in [-0.25, -0.2) is 0 Å². The van der Waals surface area contributed by atoms with Crippen molar-refractivity contribution in [2.24, 2.45) is 0 Å². The van der Waals surface area contributed by atoms with Crippen molar-refractivity contribution >= 4 is 80.0 Å². The third-order valence-electron chi connectivity index (χ3n) is 1.39. The van der Waals surface area contributed by atoms with Crippen molar-refractivity contribution in [1.29, 1.82) is 0 Å². The van der Waals surface area contributed by atoms with Crippen LogP contribution in [-0.4, -0.2) is 7.84 Å². The lowest BCUT2D eigenvalue weighted by Gasteiger charge is -2.07. The van der Waals surface area contributed by atoms with Crippen molar-refractivity contribution in [3.63, 3.8) is 0 Å². The van der Waals surface area contributed by atoms with Crippen LogP contribution in [-0.2, 0) is 4.79 Å². The first kappa shape index (κ1) is 12.8. The number of rotatable bonds is 2. The summed E-state index contributed by atoms with van der Waals surface area (Å²) in [6, 6.07) is 4.95. The third kappa shape index (κ3) is 3.71. The summed E-state index contributed by atoms with van der Waals surface area (Å²) in [7, 11) is 0. The second kappa shape index (κ2) is 5.72. The van der Waals surface area contributed by atoms with Gasteiger partial charge in [-0.05, 0) is 18.2 Å². The molecule has 2 nitrogen and oxygen atoms in total. The van der Waals surface area contributed by atoms with Gasteiger partial charge >= 0.3 is 0 Å². The summed E-state index contributed by atoms with van der Waals surface area (Å²) in [5.41, 5.74) is 0.583. The van der Waals surface area contributed by atoms with Crippen LogP contribution in [0.25, 0.3) is 0 Å². The van der Waals surface area contributed by atoms with E-state index >= 15 is 0 Å². The molecule has 6 heteroatoms. The first-order chi connectivity index (χ1) is 6.50. The molecular weight excluding hydrogens is 451 g/mol. The van der Waals surface area contributed by atoms with E-state index in [2.05, 4.69) is 5.32 Å². The lowest BCUT2D eigenvalue weighted by Crippen LogP contribution is -2.17. The second-order valence-electron chi connectivity index (χ2n) is 2.41. The van der Waals surface area contributed by atoms with Gasteiger partial charge in [0, 0.05) is 5.02 Å². The maximum atomic E-state index is 11.3. The van der Waals surface area contributed by atoms with Gasteiger partial charge in [0.05, 0.1) is 10.7 Å². The van der Waals surface area contributed by atoms with Gasteiger partial charge < -0.3 is 5.32 Å². The molecule has 1 amide bonds. The molecule has 14 heavy (non-hydrogen) atoms. The van der Waals surface area contributed by atoms with Crippen LogP contribution in [0.2, 0.25) is 10.0 Å². The Kier molecular flexibility index (Phi) is 5.22. The fraction of sp³-hybridized carbons (Fsp3) is 0.125. The number of nitrogens with one attached hydrogen (secondary N) is 1. The van der Waals surface area contributed by atoms with Gasteiger partial charge in [-0.3, -0.25) is 4.79 Å². The van der Waals surface area contributed by atoms with Crippen molar-refractivity contribution < 1.29 is 4.79 Å². The molecule has 0 unspecified atom stereocenters. The first-order valence-corrected chi connectivity index (χ1v) is 6.79. The average molecular weight is 456 g/mol. The van der Waals surface area contributed by atoms with Crippen molar-refractivity contribution in [2.45, 2.75) is 1.93 Å². The largest absolute Gasteiger partial charge is 0.323 e. The first-order valence-electron chi connectivity index (χ1n) is 3.55. The molecule has 76 valence electrons. The summed E-state index contributed by atoms with van der Waals surface area (Å²) in [6.45, 7) is 0. The highest BCUT2D eigenvalue weighted by molar-refractivity contribution is 14.2. The molecule has 1 aromatic rings. The molecule has 0 bridgehead atoms. The fourth-order valence-corrected chi connectivity index (χ4v) is 1.55. The van der Waals surface area contributed by atoms with Gasteiger partial charge in [-0.1, -0.05) is 68.4 Å². The average Bonchev–Trinajstić information content (AvgIpc) is 2.09. The highest BCUT2D eigenvalue weighted by Gasteiger charge is 2.11. The Morgan fingerprint density at radius 3 is 2.50 bits per heavy atom. The normalized spacial score (nSPS) is 10.4. The smallest absolute Gasteiger partial charge is 0.247 e. The number of halogens is 4. The fourth-order valence-electron chi connectivity index (χ4n) is 0.778. The number of alkyl halides is 2. The van der Waals surface area contributed by atoms with Crippen LogP contribution >= 0.6 is 68.4 Å². The maximum Gasteiger partial charge on any atom is 0.247 e. The predicted octanol–water partition coefficient (Wildman–Crippen LogP) is 4.13. The van der Waals surface area contributed by atoms with E-state index in [1.165, 1.54) is 0 Å². The van der Waals surface area contributed by atoms with E-state index in [1.807, 2.05) is 45.2 Å². The summed E-state index contributed by atoms with van der Waals surface area (Å²) in [4.78, 5) is 11.3. The molecule has 0 atom stereocenters. The molecule has 1 aromatic carbocycles. The number of hydrogen-bond acceptors (Lipinski definition) is 1. The van der Waals surface area contributed by atoms with Gasteiger partial charge in [0.25, 0.3) is 0 Å². The zero-order valence-corrected chi connectivity index (χ0v) is 12.6. The quantitative estimate of drug-likeness (QED) is 0.527. The number of carbonyl (C=O) groups is 1. The van der Waals surface area contributed by atoms with Crippen LogP contribution in [0, 0.1) is 0 Å². The Morgan fingerprint density at radius 2 is 2.00 bits per heavy atom. The Morgan fingerprint density at radius 1 is 1.36 bits per heavy atom. The molecule has 0 saturated heterocycles. The van der Waals surface area contributed by atoms with Crippen molar-refractivity contribution in [3.05, 3.63) is 28.2 Å². The number of hydrogen-bond donors (Lipinski definition) is 1. The maximum absolute atomic E-state index is 11.3. The van der Waals surface area contributed by atoms with Crippen LogP contribution in [0.4, 0.5) is 5.69 Å². The number of amides is 1. The van der Waals surface area contributed by atoms with E-state index in [9.17, 15) is 4.79 Å². The van der Waals surface area contributed by atoms with E-state index in [0.29, 0.717) is 15.7 Å². The lowest BCUT2D eigenvalue weighted by molar-refractivity contribution is -0.113. The minimum Gasteiger partial charge on any atom is -0.323 e. The molecule has 0 heterocycles. The highest BCUT2D eigenvalue weighted by atomic mass is 127. The molecule has 0 saturated carbocycles. The third-order valence-corrected chi connectivity index (χ3v) is 3.07. The van der Waals surface area contributed by atoms with E-state index in [-0.39, 0.29) is 7.84 Å². The molecule has 1 rings (SSSR count). The Bertz CT molecular complexity index is 357. The molecule has 0 aromatic heterocycles. The topological polar surface area (TPSA) is 29.1 Å². The highest BCUT2D eigenvalue weighted by Crippen LogP contribution is 2.26. The lowest BCUT2D eigenvalue weighted by atomic mass is 10.3. The SMILES string of the molecule is O=C(Nc1ccc(Cl)cc1Cl)C(I)I. The van der Waals surface area contributed by atoms with Crippen LogP contribution in [0.5, 0.6) is 0 Å². The molecule has 0 radical (unpaired) electrons. The Labute approximate surface area is 119 Å². The summed E-state index contributed by atoms with van der Waals surface area (Å²) >= 11 is 15.6. The number of benzene rings is 1. The number of anilines is 1. The Balaban J connectivity index is 2.82. The van der Waals surface area contributed by atoms with Crippen molar-refractivity contribution in [1.82, 2.24) is 0 Å². The van der Waals surface area contributed by atoms with Crippen LogP contribution < -0.4 is 5.32 Å². The summed E-state index contributed by atoms with van der Waals surface area (Å²) in [6.07, 6.45) is 0. The number of carbonyl (C=O) groups excluding carboxylic acids is 1. The molecule has 0 spiro atoms. The molecule has 0 fully saturated rings. The molecule has 0 aliphatic heterocycles. The van der Waals surface area contributed by atoms with E-state index in [4.69, 9.17) is 23.2 Å². The van der Waals surface area contributed by atoms with Crippen LogP contribution in [0.15, 0.2) is 18.2 Å². The second-order valence-corrected chi connectivity index (χ2v) is 8.13. The van der Waals surface area contributed by atoms with Crippen LogP contribution in [0.1, 0.15) is 0 Å². The van der Waals surface area contributed by atoms with Gasteiger partial charge in [0.1, 0.15) is 1.93 Å². The standard InChI is InChI=1S/C8H5Cl2I2NO/c9-4-1-2-6(5(10)3-4)13-8(14)7(11)12/h1-3,7H,(H,13,14). The molecule has 0 aliphatic carbocycles. The zero-order chi connectivity index (χ0) is 10.7. The van der Waals surface area contributed by atoms with Crippen LogP contribution in [0.3, 0.4) is 0 Å². The summed E-state index contributed by atoms with van der Waals surface area (Å²) in [5, 5.41) is 3.69. The molecular formula is C8H5Cl2I2NO. The van der Waals surface area contributed by atoms with E-state index in [0.717, 1.165) is 0 Å².